The van der Waals surface area contributed by atoms with Gasteiger partial charge < -0.3 is 0 Å². The maximum Gasteiger partial charge on any atom is -0.0222 e. The first kappa shape index (κ1) is 11.2. The molecule has 0 bridgehead atoms. The van der Waals surface area contributed by atoms with Gasteiger partial charge >= 0.3 is 0 Å². The molecule has 68 valence electrons. The lowest BCUT2D eigenvalue weighted by atomic mass is 10.00. The van der Waals surface area contributed by atoms with Crippen molar-refractivity contribution in [3.63, 3.8) is 0 Å². The summed E-state index contributed by atoms with van der Waals surface area (Å²) in [4.78, 5) is 0. The minimum atomic E-state index is 0.611. The molecular weight excluding hydrogens is 144 g/mol. The van der Waals surface area contributed by atoms with Gasteiger partial charge in [0.05, 0.1) is 0 Å². The summed E-state index contributed by atoms with van der Waals surface area (Å²) in [6.45, 7) is 12.4. The van der Waals surface area contributed by atoms with Crippen LogP contribution in [-0.2, 0) is 0 Å². The number of rotatable bonds is 4. The summed E-state index contributed by atoms with van der Waals surface area (Å²) in [5, 5.41) is 0. The first-order chi connectivity index (χ1) is 5.61. The van der Waals surface area contributed by atoms with Crippen LogP contribution in [0.15, 0.2) is 36.0 Å². The van der Waals surface area contributed by atoms with E-state index in [4.69, 9.17) is 0 Å². The van der Waals surface area contributed by atoms with Gasteiger partial charge in [-0.15, -0.1) is 0 Å². The second-order valence-corrected chi connectivity index (χ2v) is 3.36. The van der Waals surface area contributed by atoms with Crippen LogP contribution in [0.25, 0.3) is 0 Å². The van der Waals surface area contributed by atoms with Crippen molar-refractivity contribution in [3.8, 4) is 0 Å². The van der Waals surface area contributed by atoms with Crippen LogP contribution in [0.2, 0.25) is 0 Å². The molecule has 0 heteroatoms. The molecule has 0 unspecified atom stereocenters. The molecule has 0 atom stereocenters. The van der Waals surface area contributed by atoms with Crippen molar-refractivity contribution in [2.75, 3.05) is 0 Å². The van der Waals surface area contributed by atoms with Crippen LogP contribution >= 0.6 is 0 Å². The third-order valence-electron chi connectivity index (χ3n) is 1.82. The number of allylic oxidation sites excluding steroid dienone is 5. The second-order valence-electron chi connectivity index (χ2n) is 3.36. The summed E-state index contributed by atoms with van der Waals surface area (Å²) in [6, 6.07) is 0. The summed E-state index contributed by atoms with van der Waals surface area (Å²) in [5.74, 6) is 0.611. The highest BCUT2D eigenvalue weighted by Gasteiger charge is 1.97. The normalized spacial score (nSPS) is 13.8. The summed E-state index contributed by atoms with van der Waals surface area (Å²) < 4.78 is 0. The van der Waals surface area contributed by atoms with Gasteiger partial charge in [-0.05, 0) is 24.8 Å². The highest BCUT2D eigenvalue weighted by molar-refractivity contribution is 5.28. The van der Waals surface area contributed by atoms with E-state index in [1.54, 1.807) is 0 Å². The van der Waals surface area contributed by atoms with E-state index in [2.05, 4.69) is 46.4 Å². The zero-order valence-electron chi connectivity index (χ0n) is 8.72. The van der Waals surface area contributed by atoms with E-state index >= 15 is 0 Å². The van der Waals surface area contributed by atoms with Crippen LogP contribution in [0.1, 0.15) is 34.1 Å². The van der Waals surface area contributed by atoms with E-state index in [0.717, 1.165) is 6.42 Å². The molecule has 0 aliphatic carbocycles. The molecule has 0 nitrogen and oxygen atoms in total. The van der Waals surface area contributed by atoms with Gasteiger partial charge in [0.15, 0.2) is 0 Å². The smallest absolute Gasteiger partial charge is 0.0222 e. The maximum absolute atomic E-state index is 3.74. The predicted molar refractivity (Wildman–Crippen MR) is 57.2 cm³/mol. The fourth-order valence-corrected chi connectivity index (χ4v) is 1.02. The molecule has 0 rings (SSSR count). The molecule has 0 spiro atoms. The summed E-state index contributed by atoms with van der Waals surface area (Å²) in [7, 11) is 0. The van der Waals surface area contributed by atoms with Crippen LogP contribution in [-0.4, -0.2) is 0 Å². The molecule has 0 radical (unpaired) electrons. The Balaban J connectivity index is 4.54. The number of hydrogen-bond acceptors (Lipinski definition) is 0. The van der Waals surface area contributed by atoms with Crippen molar-refractivity contribution in [2.24, 2.45) is 5.92 Å². The predicted octanol–water partition coefficient (Wildman–Crippen LogP) is 4.11. The van der Waals surface area contributed by atoms with Crippen molar-refractivity contribution in [1.29, 1.82) is 0 Å². The molecule has 0 aromatic carbocycles. The minimum absolute atomic E-state index is 0.611. The molecule has 0 fully saturated rings. The van der Waals surface area contributed by atoms with Crippen molar-refractivity contribution in [2.45, 2.75) is 34.1 Å². The molecule has 0 amide bonds. The van der Waals surface area contributed by atoms with Crippen LogP contribution in [0, 0.1) is 5.92 Å². The molecule has 0 aliphatic rings. The van der Waals surface area contributed by atoms with Gasteiger partial charge in [0.1, 0.15) is 0 Å². The lowest BCUT2D eigenvalue weighted by Gasteiger charge is -2.06. The Morgan fingerprint density at radius 1 is 1.42 bits per heavy atom. The van der Waals surface area contributed by atoms with E-state index < -0.39 is 0 Å². The Morgan fingerprint density at radius 3 is 2.33 bits per heavy atom. The quantitative estimate of drug-likeness (QED) is 0.548. The zero-order chi connectivity index (χ0) is 9.56. The van der Waals surface area contributed by atoms with Gasteiger partial charge in [-0.2, -0.15) is 0 Å². The first-order valence-electron chi connectivity index (χ1n) is 4.62. The van der Waals surface area contributed by atoms with Gasteiger partial charge in [0, 0.05) is 0 Å². The third-order valence-corrected chi connectivity index (χ3v) is 1.82. The van der Waals surface area contributed by atoms with E-state index in [1.165, 1.54) is 11.1 Å². The van der Waals surface area contributed by atoms with E-state index in [-0.39, 0.29) is 0 Å². The molecule has 0 N–H and O–H groups in total. The summed E-state index contributed by atoms with van der Waals surface area (Å²) in [5.41, 5.74) is 2.65. The highest BCUT2D eigenvalue weighted by Crippen LogP contribution is 2.14. The molecule has 0 aromatic heterocycles. The lowest BCUT2D eigenvalue weighted by Crippen LogP contribution is -1.91. The molecule has 0 heterocycles. The fourth-order valence-electron chi connectivity index (χ4n) is 1.02. The Kier molecular flexibility index (Phi) is 5.44. The van der Waals surface area contributed by atoms with Gasteiger partial charge in [-0.25, -0.2) is 0 Å². The largest absolute Gasteiger partial charge is 0.0988 e. The van der Waals surface area contributed by atoms with E-state index in [1.807, 2.05) is 6.08 Å². The molecule has 0 aromatic rings. The van der Waals surface area contributed by atoms with Crippen LogP contribution in [0.3, 0.4) is 0 Å². The average molecular weight is 164 g/mol. The van der Waals surface area contributed by atoms with Crippen molar-refractivity contribution in [1.82, 2.24) is 0 Å². The maximum atomic E-state index is 3.74. The molecular formula is C12H20. The SMILES string of the molecule is C=C/C(C)=C\C(=C/CC)C(C)C. The molecule has 0 saturated carbocycles. The topological polar surface area (TPSA) is 0 Å². The molecule has 12 heavy (non-hydrogen) atoms. The molecule has 0 aliphatic heterocycles. The summed E-state index contributed by atoms with van der Waals surface area (Å²) in [6.07, 6.45) is 7.49. The number of hydrogen-bond donors (Lipinski definition) is 0. The van der Waals surface area contributed by atoms with Crippen molar-refractivity contribution >= 4 is 0 Å². The molecule has 0 saturated heterocycles. The van der Waals surface area contributed by atoms with Crippen molar-refractivity contribution < 1.29 is 0 Å². The monoisotopic (exact) mass is 164 g/mol. The van der Waals surface area contributed by atoms with Gasteiger partial charge in [0.2, 0.25) is 0 Å². The minimum Gasteiger partial charge on any atom is -0.0988 e. The van der Waals surface area contributed by atoms with Gasteiger partial charge in [-0.1, -0.05) is 51.2 Å². The zero-order valence-corrected chi connectivity index (χ0v) is 8.72. The Hall–Kier alpha value is -0.780. The second kappa shape index (κ2) is 5.82. The van der Waals surface area contributed by atoms with E-state index in [0.29, 0.717) is 5.92 Å². The Morgan fingerprint density at radius 2 is 2.00 bits per heavy atom. The first-order valence-corrected chi connectivity index (χ1v) is 4.62. The van der Waals surface area contributed by atoms with Crippen LogP contribution in [0.5, 0.6) is 0 Å². The third kappa shape index (κ3) is 4.17. The van der Waals surface area contributed by atoms with Crippen molar-refractivity contribution in [3.05, 3.63) is 36.0 Å². The Labute approximate surface area is 76.7 Å². The average Bonchev–Trinajstić information content (AvgIpc) is 2.03. The van der Waals surface area contributed by atoms with Gasteiger partial charge in [0.25, 0.3) is 0 Å². The van der Waals surface area contributed by atoms with Crippen LogP contribution < -0.4 is 0 Å². The summed E-state index contributed by atoms with van der Waals surface area (Å²) >= 11 is 0. The lowest BCUT2D eigenvalue weighted by molar-refractivity contribution is 0.784. The highest BCUT2D eigenvalue weighted by atomic mass is 14.0. The van der Waals surface area contributed by atoms with Crippen LogP contribution in [0.4, 0.5) is 0 Å². The Bertz CT molecular complexity index is 192. The fraction of sp³-hybridized carbons (Fsp3) is 0.500. The standard InChI is InChI=1S/C12H20/c1-6-8-12(10(3)4)9-11(5)7-2/h7-10H,2,6H2,1,3-5H3/b11-9-,12-8+. The van der Waals surface area contributed by atoms with Gasteiger partial charge in [-0.3, -0.25) is 0 Å². The van der Waals surface area contributed by atoms with E-state index in [9.17, 15) is 0 Å².